The summed E-state index contributed by atoms with van der Waals surface area (Å²) < 4.78 is 0. The Balaban J connectivity index is 0.000000832. The molecule has 3 aliphatic rings. The molecule has 380 valence electrons. The van der Waals surface area contributed by atoms with Gasteiger partial charge in [-0.05, 0) is 125 Å². The first kappa shape index (κ1) is 61.9. The van der Waals surface area contributed by atoms with Crippen molar-refractivity contribution in [1.82, 2.24) is 0 Å². The molecule has 3 saturated heterocycles. The van der Waals surface area contributed by atoms with Crippen LogP contribution in [-0.4, -0.2) is 147 Å². The Morgan fingerprint density at radius 1 is 0.453 bits per heavy atom. The molecule has 64 heavy (non-hydrogen) atoms. The fourth-order valence-electron chi connectivity index (χ4n) is 9.66. The van der Waals surface area contributed by atoms with Gasteiger partial charge in [0.05, 0.1) is 41.1 Å². The lowest BCUT2D eigenvalue weighted by Crippen LogP contribution is -3.26. The van der Waals surface area contributed by atoms with E-state index in [0.29, 0.717) is 19.8 Å². The number of carbonyl (C=O) groups is 3. The number of hydrogen-bond acceptors (Lipinski definition) is 16. The highest BCUT2D eigenvalue weighted by atomic mass is 16.7. The van der Waals surface area contributed by atoms with Gasteiger partial charge in [0.25, 0.3) is 0 Å². The Morgan fingerprint density at radius 2 is 0.625 bits per heavy atom. The van der Waals surface area contributed by atoms with E-state index in [1.54, 1.807) is 41.5 Å². The number of rotatable bonds is 14. The fraction of sp³-hybridized carbons (Fsp3) is 0.933. The second kappa shape index (κ2) is 22.3. The van der Waals surface area contributed by atoms with Crippen molar-refractivity contribution in [1.29, 1.82) is 0 Å². The summed E-state index contributed by atoms with van der Waals surface area (Å²) in [5.74, 6) is -5.98. The Bertz CT molecular complexity index is 1290. The molecule has 0 spiro atoms. The maximum absolute atomic E-state index is 10.1. The number of quaternary nitrogens is 3. The van der Waals surface area contributed by atoms with E-state index in [-0.39, 0.29) is 51.5 Å². The lowest BCUT2D eigenvalue weighted by atomic mass is 9.80. The number of hydroxylamine groups is 6. The average Bonchev–Trinajstić information content (AvgIpc) is 2.95. The molecular formula is C45H89N3O16. The standard InChI is InChI=1S/3C13H27NO3.C6H8O7/c3*1-11(2)7-10(15)8-12(3,4)14(11)17-9-13(5,6)16;7-3(8)1-6(13,5(11)12)2-4(9)10/h3*10,15-16H,7-9H2,1-6H3;13H,1-2H2,(H,7,8)(H,9,10)(H,11,12). The number of hydrogen-bond donors (Lipinski definition) is 10. The van der Waals surface area contributed by atoms with E-state index < -0.39 is 53.2 Å². The van der Waals surface area contributed by atoms with Crippen LogP contribution in [0.25, 0.3) is 0 Å². The van der Waals surface area contributed by atoms with Gasteiger partial charge in [-0.25, -0.2) is 14.5 Å². The van der Waals surface area contributed by atoms with Crippen molar-refractivity contribution < 1.29 is 95.2 Å². The number of carboxylic acids is 3. The molecule has 0 amide bonds. The number of aliphatic hydroxyl groups is 7. The molecule has 19 nitrogen and oxygen atoms in total. The molecule has 19 heteroatoms. The van der Waals surface area contributed by atoms with E-state index in [2.05, 4.69) is 83.1 Å². The number of carbonyl (C=O) groups excluding carboxylic acids is 3. The van der Waals surface area contributed by atoms with Crippen molar-refractivity contribution in [2.45, 2.75) is 250 Å². The van der Waals surface area contributed by atoms with E-state index in [0.717, 1.165) is 53.7 Å². The van der Waals surface area contributed by atoms with Crippen molar-refractivity contribution >= 4 is 17.9 Å². The molecule has 3 rings (SSSR count). The van der Waals surface area contributed by atoms with Crippen LogP contribution in [0.5, 0.6) is 0 Å². The van der Waals surface area contributed by atoms with Gasteiger partial charge in [0.15, 0.2) is 0 Å². The van der Waals surface area contributed by atoms with Gasteiger partial charge in [-0.1, -0.05) is 0 Å². The smallest absolute Gasteiger partial charge is 0.134 e. The van der Waals surface area contributed by atoms with Gasteiger partial charge < -0.3 is 65.4 Å². The lowest BCUT2D eigenvalue weighted by Gasteiger charge is -2.48. The number of nitrogens with one attached hydrogen (secondary N) is 3. The third-order valence-electron chi connectivity index (χ3n) is 11.1. The van der Waals surface area contributed by atoms with Gasteiger partial charge >= 0.3 is 0 Å². The summed E-state index contributed by atoms with van der Waals surface area (Å²) in [6.45, 7) is 36.5. The minimum Gasteiger partial charge on any atom is -0.550 e. The second-order valence-corrected chi connectivity index (χ2v) is 24.2. The summed E-state index contributed by atoms with van der Waals surface area (Å²) in [6.07, 6.45) is 0.797. The SMILES string of the molecule is CC(C)(O)CO[NH+]1C(C)(C)CC(O)CC1(C)C.CC(C)(O)CO[NH+]1C(C)(C)CC(O)CC1(C)C.CC(C)(O)CO[NH+]1C(C)(C)CC(O)CC1(C)C.O=C([O-])CC(O)(CC(=O)[O-])C(=O)[O-]. The Kier molecular flexibility index (Phi) is 21.6. The molecule has 0 aromatic heterocycles. The summed E-state index contributed by atoms with van der Waals surface area (Å²) in [6, 6.07) is 0. The van der Waals surface area contributed by atoms with Crippen molar-refractivity contribution in [3.8, 4) is 0 Å². The predicted octanol–water partition coefficient (Wildman–Crippen LogP) is -4.40. The van der Waals surface area contributed by atoms with E-state index in [1.807, 2.05) is 0 Å². The number of aliphatic carboxylic acids is 3. The molecule has 0 radical (unpaired) electrons. The Morgan fingerprint density at radius 3 is 0.750 bits per heavy atom. The third kappa shape index (κ3) is 21.7. The molecule has 0 bridgehead atoms. The van der Waals surface area contributed by atoms with Crippen LogP contribution in [0.15, 0.2) is 0 Å². The molecular weight excluding hydrogens is 838 g/mol. The molecule has 3 fully saturated rings. The fourth-order valence-corrected chi connectivity index (χ4v) is 9.66. The van der Waals surface area contributed by atoms with Gasteiger partial charge in [-0.3, -0.25) is 0 Å². The van der Waals surface area contributed by atoms with Gasteiger partial charge in [0.1, 0.15) is 58.7 Å². The van der Waals surface area contributed by atoms with Crippen LogP contribution in [0.2, 0.25) is 0 Å². The first-order valence-electron chi connectivity index (χ1n) is 22.2. The van der Waals surface area contributed by atoms with Gasteiger partial charge in [0.2, 0.25) is 0 Å². The molecule has 3 heterocycles. The summed E-state index contributed by atoms with van der Waals surface area (Å²) in [5.41, 5.74) is -6.33. The van der Waals surface area contributed by atoms with Crippen LogP contribution in [0.4, 0.5) is 0 Å². The predicted molar refractivity (Wildman–Crippen MR) is 229 cm³/mol. The molecule has 0 unspecified atom stereocenters. The van der Waals surface area contributed by atoms with Crippen LogP contribution in [0.3, 0.4) is 0 Å². The van der Waals surface area contributed by atoms with Crippen LogP contribution < -0.4 is 30.5 Å². The molecule has 0 aromatic carbocycles. The van der Waals surface area contributed by atoms with Gasteiger partial charge in [0, 0.05) is 63.3 Å². The van der Waals surface area contributed by atoms with Gasteiger partial charge in [-0.15, -0.1) is 0 Å². The average molecular weight is 928 g/mol. The number of aliphatic hydroxyl groups excluding tert-OH is 3. The first-order chi connectivity index (χ1) is 28.1. The van der Waals surface area contributed by atoms with Crippen LogP contribution in [0, 0.1) is 0 Å². The van der Waals surface area contributed by atoms with Crippen molar-refractivity contribution in [3.05, 3.63) is 0 Å². The summed E-state index contributed by atoms with van der Waals surface area (Å²) in [4.78, 5) is 47.6. The summed E-state index contributed by atoms with van der Waals surface area (Å²) >= 11 is 0. The van der Waals surface area contributed by atoms with Crippen molar-refractivity contribution in [3.63, 3.8) is 0 Å². The van der Waals surface area contributed by atoms with Crippen LogP contribution in [-0.2, 0) is 28.9 Å². The zero-order valence-corrected chi connectivity index (χ0v) is 42.3. The maximum Gasteiger partial charge on any atom is 0.134 e. The highest BCUT2D eigenvalue weighted by molar-refractivity contribution is 5.86. The quantitative estimate of drug-likeness (QED) is 0.0787. The highest BCUT2D eigenvalue weighted by Gasteiger charge is 2.53. The topological polar surface area (TPSA) is 303 Å². The van der Waals surface area contributed by atoms with Crippen LogP contribution in [0.1, 0.15) is 176 Å². The van der Waals surface area contributed by atoms with Crippen molar-refractivity contribution in [2.75, 3.05) is 19.8 Å². The normalized spacial score (nSPS) is 28.1. The summed E-state index contributed by atoms with van der Waals surface area (Å²) in [7, 11) is 0. The van der Waals surface area contributed by atoms with E-state index in [1.165, 1.54) is 0 Å². The van der Waals surface area contributed by atoms with Crippen LogP contribution >= 0.6 is 0 Å². The molecule has 3 aliphatic heterocycles. The number of carboxylic acid groups (broad SMARTS) is 3. The highest BCUT2D eigenvalue weighted by Crippen LogP contribution is 2.26. The first-order valence-corrected chi connectivity index (χ1v) is 22.2. The zero-order chi connectivity index (χ0) is 51.1. The summed E-state index contributed by atoms with van der Waals surface area (Å²) in [5, 5.41) is 101. The largest absolute Gasteiger partial charge is 0.550 e. The Hall–Kier alpha value is -2.11. The molecule has 0 aliphatic carbocycles. The zero-order valence-electron chi connectivity index (χ0n) is 42.3. The lowest BCUT2D eigenvalue weighted by molar-refractivity contribution is -1.17. The van der Waals surface area contributed by atoms with Crippen molar-refractivity contribution in [2.24, 2.45) is 0 Å². The third-order valence-corrected chi connectivity index (χ3v) is 11.1. The second-order valence-electron chi connectivity index (χ2n) is 24.2. The minimum atomic E-state index is -2.97. The minimum absolute atomic E-state index is 0.146. The molecule has 0 atom stereocenters. The number of piperidine rings is 3. The molecule has 10 N–H and O–H groups in total. The van der Waals surface area contributed by atoms with Gasteiger partial charge in [-0.2, -0.15) is 15.2 Å². The Labute approximate surface area is 382 Å². The molecule has 0 aromatic rings. The van der Waals surface area contributed by atoms with E-state index in [4.69, 9.17) is 19.6 Å². The van der Waals surface area contributed by atoms with E-state index in [9.17, 15) is 60.3 Å². The maximum atomic E-state index is 10.1. The molecule has 0 saturated carbocycles. The monoisotopic (exact) mass is 928 g/mol. The van der Waals surface area contributed by atoms with E-state index >= 15 is 0 Å².